The van der Waals surface area contributed by atoms with Crippen LogP contribution in [0, 0.1) is 5.82 Å². The monoisotopic (exact) mass is 513 g/mol. The van der Waals surface area contributed by atoms with Crippen molar-refractivity contribution in [2.24, 2.45) is 0 Å². The van der Waals surface area contributed by atoms with Gasteiger partial charge in [-0.25, -0.2) is 4.39 Å². The minimum atomic E-state index is -0.570. The van der Waals surface area contributed by atoms with E-state index in [4.69, 9.17) is 0 Å². The zero-order valence-corrected chi connectivity index (χ0v) is 20.7. The lowest BCUT2D eigenvalue weighted by Gasteiger charge is -2.18. The molecule has 4 aromatic rings. The summed E-state index contributed by atoms with van der Waals surface area (Å²) in [5.41, 5.74) is 2.95. The topological polar surface area (TPSA) is 87.3 Å². The average molecular weight is 514 g/mol. The maximum atomic E-state index is 13.4. The SMILES string of the molecule is CC(=O)Nc1ccc(NC(=O)C(Sc2cccc(NC(=O)c3ccc(F)cc3)c2)c2ccccc2)cc1. The van der Waals surface area contributed by atoms with Gasteiger partial charge in [-0.2, -0.15) is 0 Å². The van der Waals surface area contributed by atoms with Crippen LogP contribution in [0.2, 0.25) is 0 Å². The number of thioether (sulfide) groups is 1. The summed E-state index contributed by atoms with van der Waals surface area (Å²) in [7, 11) is 0. The first-order valence-corrected chi connectivity index (χ1v) is 12.3. The van der Waals surface area contributed by atoms with E-state index in [0.717, 1.165) is 10.5 Å². The number of carbonyl (C=O) groups excluding carboxylic acids is 3. The molecule has 0 radical (unpaired) electrons. The molecule has 4 rings (SSSR count). The van der Waals surface area contributed by atoms with E-state index in [0.29, 0.717) is 22.6 Å². The Morgan fingerprint density at radius 2 is 1.35 bits per heavy atom. The van der Waals surface area contributed by atoms with Gasteiger partial charge in [-0.05, 0) is 72.3 Å². The summed E-state index contributed by atoms with van der Waals surface area (Å²) >= 11 is 1.35. The first kappa shape index (κ1) is 25.7. The number of amides is 3. The molecular weight excluding hydrogens is 489 g/mol. The van der Waals surface area contributed by atoms with Crippen molar-refractivity contribution in [3.05, 3.63) is 120 Å². The lowest BCUT2D eigenvalue weighted by Crippen LogP contribution is -2.19. The van der Waals surface area contributed by atoms with Gasteiger partial charge in [-0.15, -0.1) is 11.8 Å². The van der Waals surface area contributed by atoms with E-state index in [2.05, 4.69) is 16.0 Å². The van der Waals surface area contributed by atoms with E-state index in [-0.39, 0.29) is 17.7 Å². The molecule has 0 aromatic heterocycles. The number of hydrogen-bond donors (Lipinski definition) is 3. The molecule has 0 aliphatic rings. The molecule has 0 heterocycles. The molecule has 1 unspecified atom stereocenters. The Bertz CT molecular complexity index is 1390. The third-order valence-corrected chi connectivity index (χ3v) is 6.51. The molecule has 37 heavy (non-hydrogen) atoms. The van der Waals surface area contributed by atoms with Gasteiger partial charge in [0.1, 0.15) is 11.1 Å². The van der Waals surface area contributed by atoms with Crippen LogP contribution in [0.25, 0.3) is 0 Å². The summed E-state index contributed by atoms with van der Waals surface area (Å²) in [6, 6.07) is 28.8. The highest BCUT2D eigenvalue weighted by atomic mass is 32.2. The second kappa shape index (κ2) is 12.0. The van der Waals surface area contributed by atoms with Crippen LogP contribution in [0.4, 0.5) is 21.5 Å². The number of carbonyl (C=O) groups is 3. The Kier molecular flexibility index (Phi) is 8.33. The van der Waals surface area contributed by atoms with E-state index in [1.807, 2.05) is 36.4 Å². The summed E-state index contributed by atoms with van der Waals surface area (Å²) in [5, 5.41) is 7.88. The molecule has 1 atom stereocenters. The molecule has 0 spiro atoms. The average Bonchev–Trinajstić information content (AvgIpc) is 2.89. The largest absolute Gasteiger partial charge is 0.326 e. The van der Waals surface area contributed by atoms with Crippen molar-refractivity contribution in [3.8, 4) is 0 Å². The molecule has 0 fully saturated rings. The molecule has 186 valence electrons. The lowest BCUT2D eigenvalue weighted by atomic mass is 10.1. The van der Waals surface area contributed by atoms with Crippen molar-refractivity contribution >= 4 is 46.5 Å². The van der Waals surface area contributed by atoms with Crippen LogP contribution < -0.4 is 16.0 Å². The van der Waals surface area contributed by atoms with Gasteiger partial charge in [0.15, 0.2) is 0 Å². The van der Waals surface area contributed by atoms with Gasteiger partial charge in [0.05, 0.1) is 0 Å². The number of halogens is 1. The van der Waals surface area contributed by atoms with Crippen LogP contribution in [0.1, 0.15) is 28.1 Å². The van der Waals surface area contributed by atoms with Gasteiger partial charge in [0, 0.05) is 34.4 Å². The summed E-state index contributed by atoms with van der Waals surface area (Å²) in [6.07, 6.45) is 0. The normalized spacial score (nSPS) is 11.3. The summed E-state index contributed by atoms with van der Waals surface area (Å²) in [6.45, 7) is 1.43. The predicted molar refractivity (Wildman–Crippen MR) is 145 cm³/mol. The fourth-order valence-corrected chi connectivity index (χ4v) is 4.62. The first-order valence-electron chi connectivity index (χ1n) is 11.4. The standard InChI is InChI=1S/C29H24FN3O3S/c1-19(34)31-23-14-16-24(17-15-23)32-29(36)27(20-6-3-2-4-7-20)37-26-9-5-8-25(18-26)33-28(35)21-10-12-22(30)13-11-21/h2-18,27H,1H3,(H,31,34)(H,32,36)(H,33,35). The Morgan fingerprint density at radius 1 is 0.703 bits per heavy atom. The Hall–Kier alpha value is -4.43. The van der Waals surface area contributed by atoms with E-state index >= 15 is 0 Å². The number of rotatable bonds is 8. The lowest BCUT2D eigenvalue weighted by molar-refractivity contribution is -0.116. The molecule has 8 heteroatoms. The van der Waals surface area contributed by atoms with Crippen molar-refractivity contribution < 1.29 is 18.8 Å². The quantitative estimate of drug-likeness (QED) is 0.235. The summed E-state index contributed by atoms with van der Waals surface area (Å²) in [4.78, 5) is 37.9. The van der Waals surface area contributed by atoms with Crippen LogP contribution in [0.15, 0.2) is 108 Å². The minimum Gasteiger partial charge on any atom is -0.326 e. The van der Waals surface area contributed by atoms with E-state index in [1.165, 1.54) is 43.0 Å². The Labute approximate surface area is 218 Å². The van der Waals surface area contributed by atoms with Crippen LogP contribution in [0.5, 0.6) is 0 Å². The van der Waals surface area contributed by atoms with E-state index in [9.17, 15) is 18.8 Å². The third-order valence-electron chi connectivity index (χ3n) is 5.27. The fraction of sp³-hybridized carbons (Fsp3) is 0.0690. The molecule has 0 saturated carbocycles. The summed E-state index contributed by atoms with van der Waals surface area (Å²) < 4.78 is 13.2. The predicted octanol–water partition coefficient (Wildman–Crippen LogP) is 6.51. The van der Waals surface area contributed by atoms with Crippen molar-refractivity contribution in [1.29, 1.82) is 0 Å². The highest BCUT2D eigenvalue weighted by Gasteiger charge is 2.22. The van der Waals surface area contributed by atoms with E-state index in [1.54, 1.807) is 42.5 Å². The van der Waals surface area contributed by atoms with Crippen molar-refractivity contribution in [3.63, 3.8) is 0 Å². The van der Waals surface area contributed by atoms with Gasteiger partial charge in [-0.3, -0.25) is 14.4 Å². The first-order chi connectivity index (χ1) is 17.9. The second-order valence-electron chi connectivity index (χ2n) is 8.15. The summed E-state index contributed by atoms with van der Waals surface area (Å²) in [5.74, 6) is -1.16. The molecule has 0 aliphatic heterocycles. The number of benzene rings is 4. The maximum Gasteiger partial charge on any atom is 0.255 e. The molecule has 4 aromatic carbocycles. The molecular formula is C29H24FN3O3S. The van der Waals surface area contributed by atoms with E-state index < -0.39 is 11.1 Å². The highest BCUT2D eigenvalue weighted by molar-refractivity contribution is 8.00. The zero-order valence-electron chi connectivity index (χ0n) is 19.9. The van der Waals surface area contributed by atoms with Crippen molar-refractivity contribution in [2.45, 2.75) is 17.1 Å². The van der Waals surface area contributed by atoms with Crippen molar-refractivity contribution in [2.75, 3.05) is 16.0 Å². The molecule has 3 amide bonds. The number of hydrogen-bond acceptors (Lipinski definition) is 4. The van der Waals surface area contributed by atoms with Gasteiger partial charge in [-0.1, -0.05) is 36.4 Å². The molecule has 0 bridgehead atoms. The van der Waals surface area contributed by atoms with Crippen LogP contribution in [-0.4, -0.2) is 17.7 Å². The van der Waals surface area contributed by atoms with Gasteiger partial charge < -0.3 is 16.0 Å². The molecule has 0 aliphatic carbocycles. The third kappa shape index (κ3) is 7.28. The van der Waals surface area contributed by atoms with Gasteiger partial charge in [0.25, 0.3) is 5.91 Å². The fourth-order valence-electron chi connectivity index (χ4n) is 3.54. The highest BCUT2D eigenvalue weighted by Crippen LogP contribution is 2.37. The van der Waals surface area contributed by atoms with Crippen LogP contribution >= 0.6 is 11.8 Å². The van der Waals surface area contributed by atoms with Crippen LogP contribution in [-0.2, 0) is 9.59 Å². The Morgan fingerprint density at radius 3 is 2.00 bits per heavy atom. The number of nitrogens with one attached hydrogen (secondary N) is 3. The second-order valence-corrected chi connectivity index (χ2v) is 9.32. The van der Waals surface area contributed by atoms with Gasteiger partial charge >= 0.3 is 0 Å². The van der Waals surface area contributed by atoms with Crippen LogP contribution in [0.3, 0.4) is 0 Å². The van der Waals surface area contributed by atoms with Gasteiger partial charge in [0.2, 0.25) is 11.8 Å². The Balaban J connectivity index is 1.50. The minimum absolute atomic E-state index is 0.173. The molecule has 6 nitrogen and oxygen atoms in total. The number of anilines is 3. The zero-order chi connectivity index (χ0) is 26.2. The molecule has 3 N–H and O–H groups in total. The molecule has 0 saturated heterocycles. The van der Waals surface area contributed by atoms with Crippen molar-refractivity contribution in [1.82, 2.24) is 0 Å². The maximum absolute atomic E-state index is 13.4. The smallest absolute Gasteiger partial charge is 0.255 e.